The van der Waals surface area contributed by atoms with Gasteiger partial charge >= 0.3 is 0 Å². The van der Waals surface area contributed by atoms with Crippen LogP contribution in [0.2, 0.25) is 0 Å². The van der Waals surface area contributed by atoms with Gasteiger partial charge in [-0.05, 0) is 0 Å². The molecule has 1 aromatic rings. The summed E-state index contributed by atoms with van der Waals surface area (Å²) < 4.78 is 0. The standard InChI is InChI=1S/C6H5NO3/c8-6-3-1-2-5(4-6)7(9)10/h1-4,8H/p-1. The van der Waals surface area contributed by atoms with E-state index >= 15 is 0 Å². The molecule has 0 aromatic heterocycles. The van der Waals surface area contributed by atoms with Crippen LogP contribution in [0.1, 0.15) is 0 Å². The molecule has 0 aliphatic carbocycles. The van der Waals surface area contributed by atoms with Crippen molar-refractivity contribution in [1.82, 2.24) is 0 Å². The van der Waals surface area contributed by atoms with Gasteiger partial charge < -0.3 is 5.11 Å². The van der Waals surface area contributed by atoms with E-state index in [9.17, 15) is 15.2 Å². The van der Waals surface area contributed by atoms with Crippen LogP contribution in [0.15, 0.2) is 24.3 Å². The lowest BCUT2D eigenvalue weighted by Gasteiger charge is -2.00. The smallest absolute Gasteiger partial charge is 0.268 e. The molecule has 0 saturated heterocycles. The summed E-state index contributed by atoms with van der Waals surface area (Å²) in [6, 6.07) is 4.90. The van der Waals surface area contributed by atoms with Gasteiger partial charge in [-0.2, -0.15) is 0 Å². The molecule has 0 radical (unpaired) electrons. The van der Waals surface area contributed by atoms with Gasteiger partial charge in [-0.1, -0.05) is 12.1 Å². The van der Waals surface area contributed by atoms with Gasteiger partial charge in [-0.15, -0.1) is 5.75 Å². The van der Waals surface area contributed by atoms with Gasteiger partial charge in [0.15, 0.2) is 0 Å². The van der Waals surface area contributed by atoms with Crippen molar-refractivity contribution >= 4 is 5.69 Å². The number of nitro benzene ring substituents is 1. The van der Waals surface area contributed by atoms with Crippen LogP contribution in [0.4, 0.5) is 5.69 Å². The second kappa shape index (κ2) is 2.34. The highest BCUT2D eigenvalue weighted by atomic mass is 16.6. The van der Waals surface area contributed by atoms with E-state index in [1.165, 1.54) is 18.2 Å². The number of benzene rings is 1. The van der Waals surface area contributed by atoms with E-state index < -0.39 is 4.92 Å². The first-order chi connectivity index (χ1) is 4.70. The number of rotatable bonds is 1. The first kappa shape index (κ1) is 6.54. The lowest BCUT2D eigenvalue weighted by molar-refractivity contribution is -0.385. The zero-order valence-electron chi connectivity index (χ0n) is 4.98. The zero-order valence-corrected chi connectivity index (χ0v) is 4.98. The van der Waals surface area contributed by atoms with Crippen molar-refractivity contribution in [2.75, 3.05) is 0 Å². The highest BCUT2D eigenvalue weighted by molar-refractivity contribution is 5.36. The van der Waals surface area contributed by atoms with Gasteiger partial charge in [0.05, 0.1) is 4.92 Å². The van der Waals surface area contributed by atoms with Gasteiger partial charge in [0.2, 0.25) is 0 Å². The predicted molar refractivity (Wildman–Crippen MR) is 32.5 cm³/mol. The molecule has 1 rings (SSSR count). The number of nitrogens with zero attached hydrogens (tertiary/aromatic N) is 1. The quantitative estimate of drug-likeness (QED) is 0.423. The largest absolute Gasteiger partial charge is 0.872 e. The third kappa shape index (κ3) is 1.22. The first-order valence-corrected chi connectivity index (χ1v) is 2.61. The van der Waals surface area contributed by atoms with E-state index in [0.29, 0.717) is 0 Å². The number of non-ortho nitro benzene ring substituents is 1. The van der Waals surface area contributed by atoms with Gasteiger partial charge in [-0.3, -0.25) is 10.1 Å². The highest BCUT2D eigenvalue weighted by Gasteiger charge is 1.99. The van der Waals surface area contributed by atoms with Crippen molar-refractivity contribution in [1.29, 1.82) is 0 Å². The molecule has 0 spiro atoms. The third-order valence-electron chi connectivity index (χ3n) is 1.03. The summed E-state index contributed by atoms with van der Waals surface area (Å²) in [4.78, 5) is 9.42. The number of nitro groups is 1. The van der Waals surface area contributed by atoms with E-state index in [-0.39, 0.29) is 11.4 Å². The lowest BCUT2D eigenvalue weighted by Crippen LogP contribution is -1.91. The Kier molecular flexibility index (Phi) is 1.53. The molecule has 0 fully saturated rings. The van der Waals surface area contributed by atoms with Crippen molar-refractivity contribution in [3.8, 4) is 5.75 Å². The molecule has 1 aromatic carbocycles. The van der Waals surface area contributed by atoms with E-state index in [1.54, 1.807) is 0 Å². The minimum absolute atomic E-state index is 0.160. The van der Waals surface area contributed by atoms with Crippen LogP contribution in [-0.2, 0) is 0 Å². The van der Waals surface area contributed by atoms with E-state index in [4.69, 9.17) is 0 Å². The summed E-state index contributed by atoms with van der Waals surface area (Å²) in [7, 11) is 0. The number of hydrogen-bond acceptors (Lipinski definition) is 3. The molecule has 0 aliphatic rings. The second-order valence-electron chi connectivity index (χ2n) is 1.75. The SMILES string of the molecule is O=[N+]([O-])c1cccc([O-])c1. The van der Waals surface area contributed by atoms with E-state index in [0.717, 1.165) is 6.07 Å². The molecule has 0 aliphatic heterocycles. The zero-order chi connectivity index (χ0) is 7.56. The van der Waals surface area contributed by atoms with Gasteiger partial charge in [-0.25, -0.2) is 0 Å². The molecular formula is C6H4NO3-. The fourth-order valence-electron chi connectivity index (χ4n) is 0.597. The maximum absolute atomic E-state index is 10.5. The maximum Gasteiger partial charge on any atom is 0.268 e. The van der Waals surface area contributed by atoms with Crippen LogP contribution in [0.3, 0.4) is 0 Å². The van der Waals surface area contributed by atoms with Crippen LogP contribution in [0, 0.1) is 10.1 Å². The molecule has 4 heteroatoms. The molecule has 0 unspecified atom stereocenters. The summed E-state index contributed by atoms with van der Waals surface area (Å²) in [6.07, 6.45) is 0. The molecule has 52 valence electrons. The van der Waals surface area contributed by atoms with Crippen LogP contribution < -0.4 is 5.11 Å². The van der Waals surface area contributed by atoms with Gasteiger partial charge in [0.1, 0.15) is 0 Å². The van der Waals surface area contributed by atoms with Crippen molar-refractivity contribution in [3.05, 3.63) is 34.4 Å². The second-order valence-corrected chi connectivity index (χ2v) is 1.75. The normalized spacial score (nSPS) is 9.20. The number of hydrogen-bond donors (Lipinski definition) is 0. The monoisotopic (exact) mass is 138 g/mol. The molecule has 0 heterocycles. The Bertz CT molecular complexity index is 259. The Morgan fingerprint density at radius 2 is 2.10 bits per heavy atom. The maximum atomic E-state index is 10.5. The molecular weight excluding hydrogens is 134 g/mol. The fourth-order valence-corrected chi connectivity index (χ4v) is 0.597. The fraction of sp³-hybridized carbons (Fsp3) is 0. The molecule has 0 amide bonds. The van der Waals surface area contributed by atoms with Gasteiger partial charge in [0.25, 0.3) is 5.69 Å². The minimum Gasteiger partial charge on any atom is -0.872 e. The summed E-state index contributed by atoms with van der Waals surface area (Å²) in [5, 5.41) is 20.5. The van der Waals surface area contributed by atoms with Crippen LogP contribution >= 0.6 is 0 Å². The molecule has 0 saturated carbocycles. The predicted octanol–water partition coefficient (Wildman–Crippen LogP) is 0.668. The summed E-state index contributed by atoms with van der Waals surface area (Å²) in [5.74, 6) is -0.339. The highest BCUT2D eigenvalue weighted by Crippen LogP contribution is 2.14. The lowest BCUT2D eigenvalue weighted by atomic mass is 10.3. The first-order valence-electron chi connectivity index (χ1n) is 2.61. The van der Waals surface area contributed by atoms with E-state index in [1.807, 2.05) is 0 Å². The summed E-state index contributed by atoms with van der Waals surface area (Å²) in [6.45, 7) is 0. The van der Waals surface area contributed by atoms with Crippen LogP contribution in [-0.4, -0.2) is 4.92 Å². The average molecular weight is 138 g/mol. The topological polar surface area (TPSA) is 66.2 Å². The van der Waals surface area contributed by atoms with E-state index in [2.05, 4.69) is 0 Å². The Hall–Kier alpha value is -1.58. The van der Waals surface area contributed by atoms with Gasteiger partial charge in [0, 0.05) is 12.1 Å². The minimum atomic E-state index is -0.596. The van der Waals surface area contributed by atoms with Crippen molar-refractivity contribution in [2.45, 2.75) is 0 Å². The third-order valence-corrected chi connectivity index (χ3v) is 1.03. The summed E-state index contributed by atoms with van der Waals surface area (Å²) in [5.41, 5.74) is -0.160. The van der Waals surface area contributed by atoms with Crippen LogP contribution in [0.5, 0.6) is 5.75 Å². The van der Waals surface area contributed by atoms with Crippen molar-refractivity contribution in [2.24, 2.45) is 0 Å². The Morgan fingerprint density at radius 1 is 1.40 bits per heavy atom. The average Bonchev–Trinajstić information content (AvgIpc) is 1.88. The molecule has 0 N–H and O–H groups in total. The van der Waals surface area contributed by atoms with Crippen molar-refractivity contribution < 1.29 is 10.0 Å². The summed E-state index contributed by atoms with van der Waals surface area (Å²) >= 11 is 0. The molecule has 0 atom stereocenters. The molecule has 10 heavy (non-hydrogen) atoms. The van der Waals surface area contributed by atoms with Crippen molar-refractivity contribution in [3.63, 3.8) is 0 Å². The Morgan fingerprint density at radius 3 is 2.50 bits per heavy atom. The molecule has 4 nitrogen and oxygen atoms in total. The Balaban J connectivity index is 3.07. The Labute approximate surface area is 56.9 Å². The molecule has 0 bridgehead atoms. The van der Waals surface area contributed by atoms with Crippen LogP contribution in [0.25, 0.3) is 0 Å².